The van der Waals surface area contributed by atoms with Gasteiger partial charge in [-0.05, 0) is 35.0 Å². The van der Waals surface area contributed by atoms with Crippen molar-refractivity contribution in [3.63, 3.8) is 0 Å². The van der Waals surface area contributed by atoms with Gasteiger partial charge in [-0.3, -0.25) is 0 Å². The van der Waals surface area contributed by atoms with Crippen LogP contribution in [0.2, 0.25) is 0 Å². The van der Waals surface area contributed by atoms with Crippen LogP contribution in [0.3, 0.4) is 0 Å². The molecule has 1 aromatic carbocycles. The Balaban J connectivity index is 1.47. The van der Waals surface area contributed by atoms with E-state index in [0.29, 0.717) is 17.3 Å². The number of para-hydroxylation sites is 1. The molecule has 0 spiro atoms. The second-order valence-electron chi connectivity index (χ2n) is 6.00. The van der Waals surface area contributed by atoms with E-state index in [4.69, 9.17) is 9.47 Å². The molecule has 0 aliphatic carbocycles. The molecule has 0 radical (unpaired) electrons. The zero-order valence-electron chi connectivity index (χ0n) is 14.3. The van der Waals surface area contributed by atoms with Gasteiger partial charge >= 0.3 is 5.97 Å². The van der Waals surface area contributed by atoms with Gasteiger partial charge in [0.1, 0.15) is 17.2 Å². The summed E-state index contributed by atoms with van der Waals surface area (Å²) >= 11 is 1.43. The first-order valence-corrected chi connectivity index (χ1v) is 9.35. The smallest absolute Gasteiger partial charge is 0.348 e. The number of carbonyl (C=O) groups excluding carboxylic acids is 1. The van der Waals surface area contributed by atoms with Gasteiger partial charge in [0.25, 0.3) is 0 Å². The standard InChI is InChI=1S/C18H18N4O3S/c1-2-3-8-22-16(19-20-21-22)11-25-18(23)15-9-12-10-24-14-7-5-4-6-13(14)17(12)26-15/h4-7,9H,2-3,8,10-11H2,1H3. The molecule has 0 amide bonds. The van der Waals surface area contributed by atoms with Gasteiger partial charge in [-0.25, -0.2) is 9.48 Å². The van der Waals surface area contributed by atoms with Gasteiger partial charge < -0.3 is 9.47 Å². The van der Waals surface area contributed by atoms with E-state index in [-0.39, 0.29) is 12.6 Å². The fourth-order valence-corrected chi connectivity index (χ4v) is 3.90. The Hall–Kier alpha value is -2.74. The third-order valence-electron chi connectivity index (χ3n) is 4.19. The number of ether oxygens (including phenoxy) is 2. The largest absolute Gasteiger partial charge is 0.488 e. The van der Waals surface area contributed by atoms with E-state index in [2.05, 4.69) is 22.4 Å². The Morgan fingerprint density at radius 1 is 1.38 bits per heavy atom. The molecule has 2 aromatic heterocycles. The Morgan fingerprint density at radius 3 is 3.15 bits per heavy atom. The van der Waals surface area contributed by atoms with Gasteiger partial charge in [0, 0.05) is 22.5 Å². The molecule has 0 saturated heterocycles. The molecule has 0 fully saturated rings. The van der Waals surface area contributed by atoms with Crippen LogP contribution in [0.5, 0.6) is 5.75 Å². The lowest BCUT2D eigenvalue weighted by Gasteiger charge is -2.16. The van der Waals surface area contributed by atoms with Crippen LogP contribution in [0.4, 0.5) is 0 Å². The van der Waals surface area contributed by atoms with Gasteiger partial charge in [-0.15, -0.1) is 16.4 Å². The zero-order valence-corrected chi connectivity index (χ0v) is 15.2. The summed E-state index contributed by atoms with van der Waals surface area (Å²) in [5, 5.41) is 11.5. The molecule has 26 heavy (non-hydrogen) atoms. The second-order valence-corrected chi connectivity index (χ2v) is 7.05. The zero-order chi connectivity index (χ0) is 17.9. The fourth-order valence-electron chi connectivity index (χ4n) is 2.81. The summed E-state index contributed by atoms with van der Waals surface area (Å²) < 4.78 is 12.8. The monoisotopic (exact) mass is 370 g/mol. The topological polar surface area (TPSA) is 79.1 Å². The number of hydrogen-bond acceptors (Lipinski definition) is 7. The number of aryl methyl sites for hydroxylation is 1. The minimum absolute atomic E-state index is 0.0607. The number of hydrogen-bond donors (Lipinski definition) is 0. The molecule has 1 aliphatic heterocycles. The maximum atomic E-state index is 12.5. The summed E-state index contributed by atoms with van der Waals surface area (Å²) in [6.45, 7) is 3.35. The highest BCUT2D eigenvalue weighted by atomic mass is 32.1. The van der Waals surface area contributed by atoms with Crippen molar-refractivity contribution in [2.45, 2.75) is 39.5 Å². The van der Waals surface area contributed by atoms with Crippen molar-refractivity contribution in [2.24, 2.45) is 0 Å². The fraction of sp³-hybridized carbons (Fsp3) is 0.333. The molecule has 4 rings (SSSR count). The Bertz CT molecular complexity index is 934. The minimum atomic E-state index is -0.369. The van der Waals surface area contributed by atoms with Crippen LogP contribution >= 0.6 is 11.3 Å². The van der Waals surface area contributed by atoms with E-state index >= 15 is 0 Å². The summed E-state index contributed by atoms with van der Waals surface area (Å²) in [5.41, 5.74) is 2.02. The number of fused-ring (bicyclic) bond motifs is 3. The molecule has 0 saturated carbocycles. The van der Waals surface area contributed by atoms with Crippen LogP contribution in [0.1, 0.15) is 40.8 Å². The minimum Gasteiger partial charge on any atom is -0.488 e. The van der Waals surface area contributed by atoms with Crippen LogP contribution in [-0.4, -0.2) is 26.2 Å². The summed E-state index contributed by atoms with van der Waals surface area (Å²) in [6.07, 6.45) is 2.02. The number of unbranched alkanes of at least 4 members (excludes halogenated alkanes) is 1. The molecule has 7 nitrogen and oxygen atoms in total. The number of rotatable bonds is 6. The third kappa shape index (κ3) is 3.20. The van der Waals surface area contributed by atoms with Crippen LogP contribution in [0.15, 0.2) is 30.3 Å². The summed E-state index contributed by atoms with van der Waals surface area (Å²) in [4.78, 5) is 14.1. The maximum absolute atomic E-state index is 12.5. The number of tetrazole rings is 1. The highest BCUT2D eigenvalue weighted by molar-refractivity contribution is 7.17. The SMILES string of the molecule is CCCCn1nnnc1COC(=O)c1cc2c(s1)-c1ccccc1OC2. The third-order valence-corrected chi connectivity index (χ3v) is 5.38. The molecule has 3 heterocycles. The lowest BCUT2D eigenvalue weighted by atomic mass is 10.1. The highest BCUT2D eigenvalue weighted by Crippen LogP contribution is 2.42. The average molecular weight is 370 g/mol. The van der Waals surface area contributed by atoms with Crippen molar-refractivity contribution in [3.8, 4) is 16.2 Å². The predicted molar refractivity (Wildman–Crippen MR) is 95.9 cm³/mol. The molecule has 3 aromatic rings. The Labute approximate surface area is 154 Å². The van der Waals surface area contributed by atoms with Gasteiger partial charge in [0.2, 0.25) is 0 Å². The molecular formula is C18H18N4O3S. The maximum Gasteiger partial charge on any atom is 0.348 e. The Morgan fingerprint density at radius 2 is 2.27 bits per heavy atom. The molecule has 8 heteroatoms. The lowest BCUT2D eigenvalue weighted by molar-refractivity contribution is 0.0462. The van der Waals surface area contributed by atoms with Gasteiger partial charge in [-0.1, -0.05) is 25.5 Å². The predicted octanol–water partition coefficient (Wildman–Crippen LogP) is 3.45. The summed E-state index contributed by atoms with van der Waals surface area (Å²) in [5.74, 6) is 1.03. The molecule has 0 unspecified atom stereocenters. The van der Waals surface area contributed by atoms with E-state index in [9.17, 15) is 4.79 Å². The first-order valence-electron chi connectivity index (χ1n) is 8.53. The Kier molecular flexibility index (Phi) is 4.66. The highest BCUT2D eigenvalue weighted by Gasteiger charge is 2.23. The molecule has 0 atom stereocenters. The van der Waals surface area contributed by atoms with Crippen LogP contribution < -0.4 is 4.74 Å². The van der Waals surface area contributed by atoms with Crippen molar-refractivity contribution in [1.29, 1.82) is 0 Å². The number of benzene rings is 1. The van der Waals surface area contributed by atoms with Crippen LogP contribution in [-0.2, 0) is 24.5 Å². The summed E-state index contributed by atoms with van der Waals surface area (Å²) in [7, 11) is 0. The van der Waals surface area contributed by atoms with E-state index in [1.54, 1.807) is 4.68 Å². The molecule has 0 bridgehead atoms. The number of esters is 1. The quantitative estimate of drug-likeness (QED) is 0.618. The molecule has 134 valence electrons. The van der Waals surface area contributed by atoms with Crippen molar-refractivity contribution in [3.05, 3.63) is 46.6 Å². The first-order chi connectivity index (χ1) is 12.8. The van der Waals surface area contributed by atoms with Gasteiger partial charge in [0.15, 0.2) is 12.4 Å². The number of thiophene rings is 1. The van der Waals surface area contributed by atoms with Crippen molar-refractivity contribution in [1.82, 2.24) is 20.2 Å². The van der Waals surface area contributed by atoms with Crippen molar-refractivity contribution >= 4 is 17.3 Å². The van der Waals surface area contributed by atoms with E-state index in [1.165, 1.54) is 11.3 Å². The normalized spacial score (nSPS) is 12.2. The molecule has 1 aliphatic rings. The van der Waals surface area contributed by atoms with Crippen LogP contribution in [0, 0.1) is 0 Å². The number of nitrogens with zero attached hydrogens (tertiary/aromatic N) is 4. The van der Waals surface area contributed by atoms with E-state index < -0.39 is 0 Å². The van der Waals surface area contributed by atoms with Crippen molar-refractivity contribution < 1.29 is 14.3 Å². The van der Waals surface area contributed by atoms with Crippen LogP contribution in [0.25, 0.3) is 10.4 Å². The lowest BCUT2D eigenvalue weighted by Crippen LogP contribution is -2.10. The number of aromatic nitrogens is 4. The molecular weight excluding hydrogens is 352 g/mol. The van der Waals surface area contributed by atoms with E-state index in [1.807, 2.05) is 30.3 Å². The number of carbonyl (C=O) groups is 1. The van der Waals surface area contributed by atoms with E-state index in [0.717, 1.165) is 41.1 Å². The van der Waals surface area contributed by atoms with Gasteiger partial charge in [0.05, 0.1) is 0 Å². The second kappa shape index (κ2) is 7.25. The average Bonchev–Trinajstić information content (AvgIpc) is 3.31. The summed E-state index contributed by atoms with van der Waals surface area (Å²) in [6, 6.07) is 9.69. The van der Waals surface area contributed by atoms with Gasteiger partial charge in [-0.2, -0.15) is 0 Å². The van der Waals surface area contributed by atoms with Crippen molar-refractivity contribution in [2.75, 3.05) is 0 Å². The molecule has 0 N–H and O–H groups in total. The first kappa shape index (κ1) is 16.7.